The molecule has 50 heavy (non-hydrogen) atoms. The van der Waals surface area contributed by atoms with Gasteiger partial charge in [-0.25, -0.2) is 0 Å². The number of unbranched alkanes of at least 4 members (excludes halogenated alkanes) is 5. The molecule has 0 aliphatic carbocycles. The lowest BCUT2D eigenvalue weighted by Crippen LogP contribution is -2.29. The topological polar surface area (TPSA) is 36.9 Å². The van der Waals surface area contributed by atoms with Crippen LogP contribution in [0.15, 0.2) is 60.7 Å². The molecule has 0 bridgehead atoms. The van der Waals surface area contributed by atoms with Crippen molar-refractivity contribution >= 4 is 0 Å². The molecule has 4 heteroatoms. The first-order valence-corrected chi connectivity index (χ1v) is 19.2. The normalized spacial score (nSPS) is 14.8. The SMILES string of the molecule is CCCCCc1cc(OCCCCOc2cc(CCCCC)cc3c2-c2cc(C)ccc2C(C)(C)O3)c2c(c1)OC(C)(C)c1ccc(C)cc1-2. The zero-order valence-corrected chi connectivity index (χ0v) is 31.9. The van der Waals surface area contributed by atoms with Crippen molar-refractivity contribution in [3.05, 3.63) is 94.0 Å². The summed E-state index contributed by atoms with van der Waals surface area (Å²) in [7, 11) is 0. The van der Waals surface area contributed by atoms with Crippen LogP contribution in [0.4, 0.5) is 0 Å². The van der Waals surface area contributed by atoms with Crippen LogP contribution < -0.4 is 18.9 Å². The fourth-order valence-electron chi connectivity index (χ4n) is 7.66. The first-order chi connectivity index (χ1) is 24.0. The molecule has 0 amide bonds. The minimum atomic E-state index is -0.404. The molecule has 4 nitrogen and oxygen atoms in total. The van der Waals surface area contributed by atoms with Crippen LogP contribution in [0.1, 0.15) is 126 Å². The number of hydrogen-bond acceptors (Lipinski definition) is 4. The number of aryl methyl sites for hydroxylation is 4. The Labute approximate surface area is 301 Å². The molecule has 266 valence electrons. The third kappa shape index (κ3) is 7.70. The van der Waals surface area contributed by atoms with Gasteiger partial charge in [-0.2, -0.15) is 0 Å². The van der Waals surface area contributed by atoms with Crippen LogP contribution in [-0.2, 0) is 24.0 Å². The van der Waals surface area contributed by atoms with Gasteiger partial charge >= 0.3 is 0 Å². The van der Waals surface area contributed by atoms with E-state index in [4.69, 9.17) is 18.9 Å². The second-order valence-corrected chi connectivity index (χ2v) is 15.6. The largest absolute Gasteiger partial charge is 0.493 e. The van der Waals surface area contributed by atoms with Crippen molar-refractivity contribution in [3.63, 3.8) is 0 Å². The van der Waals surface area contributed by atoms with Crippen LogP contribution in [0.25, 0.3) is 22.3 Å². The van der Waals surface area contributed by atoms with Gasteiger partial charge in [0.1, 0.15) is 34.2 Å². The van der Waals surface area contributed by atoms with E-state index in [1.807, 2.05) is 0 Å². The van der Waals surface area contributed by atoms with E-state index in [1.54, 1.807) is 0 Å². The van der Waals surface area contributed by atoms with E-state index in [-0.39, 0.29) is 0 Å². The van der Waals surface area contributed by atoms with Crippen LogP contribution in [0, 0.1) is 13.8 Å². The van der Waals surface area contributed by atoms with Crippen LogP contribution in [0.2, 0.25) is 0 Å². The molecule has 2 aliphatic heterocycles. The number of ether oxygens (including phenoxy) is 4. The molecule has 6 rings (SSSR count). The first kappa shape index (κ1) is 35.9. The summed E-state index contributed by atoms with van der Waals surface area (Å²) in [5.74, 6) is 3.73. The van der Waals surface area contributed by atoms with E-state index in [9.17, 15) is 0 Å². The highest BCUT2D eigenvalue weighted by atomic mass is 16.5. The maximum atomic E-state index is 6.69. The van der Waals surface area contributed by atoms with Gasteiger partial charge in [0.15, 0.2) is 0 Å². The quantitative estimate of drug-likeness (QED) is 0.118. The highest BCUT2D eigenvalue weighted by molar-refractivity contribution is 5.84. The van der Waals surface area contributed by atoms with Gasteiger partial charge in [-0.15, -0.1) is 0 Å². The van der Waals surface area contributed by atoms with Gasteiger partial charge in [-0.3, -0.25) is 0 Å². The summed E-state index contributed by atoms with van der Waals surface area (Å²) >= 11 is 0. The number of rotatable bonds is 15. The van der Waals surface area contributed by atoms with Crippen molar-refractivity contribution in [2.45, 2.75) is 131 Å². The Morgan fingerprint density at radius 2 is 0.940 bits per heavy atom. The van der Waals surface area contributed by atoms with Gasteiger partial charge < -0.3 is 18.9 Å². The molecule has 0 unspecified atom stereocenters. The summed E-state index contributed by atoms with van der Waals surface area (Å²) in [5.41, 5.74) is 11.3. The highest BCUT2D eigenvalue weighted by Crippen LogP contribution is 2.52. The summed E-state index contributed by atoms with van der Waals surface area (Å²) in [5, 5.41) is 0. The maximum Gasteiger partial charge on any atom is 0.132 e. The van der Waals surface area contributed by atoms with E-state index < -0.39 is 11.2 Å². The average molecular weight is 675 g/mol. The first-order valence-electron chi connectivity index (χ1n) is 19.2. The van der Waals surface area contributed by atoms with Crippen molar-refractivity contribution in [2.75, 3.05) is 13.2 Å². The Morgan fingerprint density at radius 3 is 1.34 bits per heavy atom. The van der Waals surface area contributed by atoms with Crippen LogP contribution >= 0.6 is 0 Å². The summed E-state index contributed by atoms with van der Waals surface area (Å²) in [4.78, 5) is 0. The zero-order valence-electron chi connectivity index (χ0n) is 31.9. The maximum absolute atomic E-state index is 6.69. The molecule has 0 atom stereocenters. The standard InChI is InChI=1S/C46H58O4/c1-9-11-13-17-33-27-39(43-35-25-31(3)19-21-37(35)45(5,6)49-41(43)29-33)47-23-15-16-24-48-40-28-34(18-14-12-10-2)30-42-44(40)36-26-32(4)20-22-38(36)46(7,8)50-42/h19-22,25-30H,9-18,23-24H2,1-8H3. The minimum absolute atomic E-state index is 0.404. The third-order valence-electron chi connectivity index (χ3n) is 10.4. The number of fused-ring (bicyclic) bond motifs is 6. The molecule has 0 saturated heterocycles. The van der Waals surface area contributed by atoms with Crippen LogP contribution in [-0.4, -0.2) is 13.2 Å². The van der Waals surface area contributed by atoms with Gasteiger partial charge in [0.2, 0.25) is 0 Å². The van der Waals surface area contributed by atoms with E-state index in [1.165, 1.54) is 83.0 Å². The molecular formula is C46H58O4. The zero-order chi connectivity index (χ0) is 35.5. The van der Waals surface area contributed by atoms with E-state index in [0.717, 1.165) is 59.8 Å². The molecule has 0 saturated carbocycles. The molecule has 0 N–H and O–H groups in total. The van der Waals surface area contributed by atoms with E-state index in [2.05, 4.69) is 116 Å². The average Bonchev–Trinajstić information content (AvgIpc) is 3.05. The van der Waals surface area contributed by atoms with Crippen LogP contribution in [0.5, 0.6) is 23.0 Å². The van der Waals surface area contributed by atoms with Crippen molar-refractivity contribution in [2.24, 2.45) is 0 Å². The second kappa shape index (κ2) is 15.1. The molecule has 0 fully saturated rings. The van der Waals surface area contributed by atoms with Crippen molar-refractivity contribution in [1.29, 1.82) is 0 Å². The predicted molar refractivity (Wildman–Crippen MR) is 207 cm³/mol. The van der Waals surface area contributed by atoms with E-state index >= 15 is 0 Å². The van der Waals surface area contributed by atoms with Crippen molar-refractivity contribution in [1.82, 2.24) is 0 Å². The third-order valence-corrected chi connectivity index (χ3v) is 10.4. The molecular weight excluding hydrogens is 617 g/mol. The van der Waals surface area contributed by atoms with Crippen LogP contribution in [0.3, 0.4) is 0 Å². The van der Waals surface area contributed by atoms with Gasteiger partial charge in [0.25, 0.3) is 0 Å². The van der Waals surface area contributed by atoms with Crippen molar-refractivity contribution < 1.29 is 18.9 Å². The summed E-state index contributed by atoms with van der Waals surface area (Å²) in [6.07, 6.45) is 11.0. The lowest BCUT2D eigenvalue weighted by Gasteiger charge is -2.36. The highest BCUT2D eigenvalue weighted by Gasteiger charge is 2.36. The minimum Gasteiger partial charge on any atom is -0.493 e. The summed E-state index contributed by atoms with van der Waals surface area (Å²) in [6.45, 7) is 18.7. The monoisotopic (exact) mass is 674 g/mol. The molecule has 4 aromatic rings. The lowest BCUT2D eigenvalue weighted by molar-refractivity contribution is 0.104. The summed E-state index contributed by atoms with van der Waals surface area (Å²) < 4.78 is 26.7. The van der Waals surface area contributed by atoms with Gasteiger partial charge in [-0.1, -0.05) is 87.1 Å². The molecule has 2 aliphatic rings. The molecule has 0 radical (unpaired) electrons. The van der Waals surface area contributed by atoms with E-state index in [0.29, 0.717) is 13.2 Å². The van der Waals surface area contributed by atoms with Gasteiger partial charge in [0.05, 0.1) is 24.3 Å². The van der Waals surface area contributed by atoms with Gasteiger partial charge in [0, 0.05) is 11.1 Å². The second-order valence-electron chi connectivity index (χ2n) is 15.6. The Kier molecular flexibility index (Phi) is 10.9. The van der Waals surface area contributed by atoms with Gasteiger partial charge in [-0.05, 0) is 127 Å². The Hall–Kier alpha value is -3.92. The fraction of sp³-hybridized carbons (Fsp3) is 0.478. The predicted octanol–water partition coefficient (Wildman–Crippen LogP) is 12.6. The number of hydrogen-bond donors (Lipinski definition) is 0. The number of benzene rings is 4. The molecule has 0 aromatic heterocycles. The molecule has 0 spiro atoms. The van der Waals surface area contributed by atoms with Crippen molar-refractivity contribution in [3.8, 4) is 45.3 Å². The Balaban J connectivity index is 1.19. The Morgan fingerprint density at radius 1 is 0.520 bits per heavy atom. The molecule has 4 aromatic carbocycles. The Bertz CT molecular complexity index is 1680. The summed E-state index contributed by atoms with van der Waals surface area (Å²) in [6, 6.07) is 22.4. The lowest BCUT2D eigenvalue weighted by atomic mass is 9.84. The molecule has 2 heterocycles. The fourth-order valence-corrected chi connectivity index (χ4v) is 7.66. The smallest absolute Gasteiger partial charge is 0.132 e.